The van der Waals surface area contributed by atoms with Gasteiger partial charge in [0, 0.05) is 24.6 Å². The molecule has 0 aliphatic carbocycles. The first-order chi connectivity index (χ1) is 7.15. The van der Waals surface area contributed by atoms with E-state index in [1.807, 2.05) is 13.0 Å². The number of rotatable bonds is 4. The van der Waals surface area contributed by atoms with Crippen molar-refractivity contribution < 1.29 is 9.50 Å². The quantitative estimate of drug-likeness (QED) is 0.745. The van der Waals surface area contributed by atoms with Crippen LogP contribution in [0.3, 0.4) is 0 Å². The van der Waals surface area contributed by atoms with E-state index in [-0.39, 0.29) is 17.6 Å². The summed E-state index contributed by atoms with van der Waals surface area (Å²) in [6, 6.07) is 5.66. The standard InChI is InChI=1S/C11H13FN2O/c1-8(14-6-2-5-13)10-7-9(12)3-4-11(10)15/h3-4,7-8,14-15H,2,6H2,1H3. The third-order valence-corrected chi connectivity index (χ3v) is 2.14. The summed E-state index contributed by atoms with van der Waals surface area (Å²) in [5, 5.41) is 20.9. The van der Waals surface area contributed by atoms with Crippen LogP contribution in [0.25, 0.3) is 0 Å². The Bertz CT molecular complexity index is 373. The fourth-order valence-electron chi connectivity index (χ4n) is 1.33. The monoisotopic (exact) mass is 208 g/mol. The number of aromatic hydroxyl groups is 1. The zero-order valence-electron chi connectivity index (χ0n) is 8.50. The van der Waals surface area contributed by atoms with Crippen LogP contribution in [0.4, 0.5) is 4.39 Å². The normalized spacial score (nSPS) is 12.1. The minimum atomic E-state index is -0.378. The maximum absolute atomic E-state index is 12.9. The third-order valence-electron chi connectivity index (χ3n) is 2.14. The van der Waals surface area contributed by atoms with Crippen molar-refractivity contribution in [3.05, 3.63) is 29.6 Å². The molecule has 0 aliphatic heterocycles. The molecule has 0 radical (unpaired) electrons. The number of nitrogens with zero attached hydrogens (tertiary/aromatic N) is 1. The van der Waals surface area contributed by atoms with E-state index < -0.39 is 0 Å². The molecule has 0 aromatic heterocycles. The van der Waals surface area contributed by atoms with Gasteiger partial charge in [-0.25, -0.2) is 4.39 Å². The highest BCUT2D eigenvalue weighted by Gasteiger charge is 2.10. The Morgan fingerprint density at radius 3 is 3.00 bits per heavy atom. The van der Waals surface area contributed by atoms with E-state index in [2.05, 4.69) is 5.32 Å². The molecule has 1 aromatic rings. The number of hydrogen-bond donors (Lipinski definition) is 2. The number of hydrogen-bond acceptors (Lipinski definition) is 3. The molecule has 80 valence electrons. The molecule has 0 saturated carbocycles. The molecule has 2 N–H and O–H groups in total. The van der Waals surface area contributed by atoms with Crippen LogP contribution in [0, 0.1) is 17.1 Å². The number of halogens is 1. The zero-order valence-corrected chi connectivity index (χ0v) is 8.50. The molecule has 4 heteroatoms. The minimum Gasteiger partial charge on any atom is -0.508 e. The van der Waals surface area contributed by atoms with Gasteiger partial charge < -0.3 is 10.4 Å². The second-order valence-electron chi connectivity index (χ2n) is 3.29. The second kappa shape index (κ2) is 5.32. The molecule has 0 spiro atoms. The van der Waals surface area contributed by atoms with E-state index in [9.17, 15) is 9.50 Å². The highest BCUT2D eigenvalue weighted by Crippen LogP contribution is 2.24. The molecule has 0 fully saturated rings. The lowest BCUT2D eigenvalue weighted by atomic mass is 10.1. The van der Waals surface area contributed by atoms with Crippen LogP contribution in [-0.2, 0) is 0 Å². The van der Waals surface area contributed by atoms with E-state index in [1.165, 1.54) is 18.2 Å². The lowest BCUT2D eigenvalue weighted by molar-refractivity contribution is 0.450. The highest BCUT2D eigenvalue weighted by atomic mass is 19.1. The maximum atomic E-state index is 12.9. The van der Waals surface area contributed by atoms with Gasteiger partial charge in [0.2, 0.25) is 0 Å². The lowest BCUT2D eigenvalue weighted by Gasteiger charge is -2.14. The molecule has 0 amide bonds. The molecule has 1 rings (SSSR count). The fourth-order valence-corrected chi connectivity index (χ4v) is 1.33. The number of nitrogens with one attached hydrogen (secondary N) is 1. The van der Waals surface area contributed by atoms with Crippen molar-refractivity contribution in [2.75, 3.05) is 6.54 Å². The summed E-state index contributed by atoms with van der Waals surface area (Å²) in [6.07, 6.45) is 0.389. The van der Waals surface area contributed by atoms with Crippen molar-refractivity contribution in [3.63, 3.8) is 0 Å². The summed E-state index contributed by atoms with van der Waals surface area (Å²) >= 11 is 0. The van der Waals surface area contributed by atoms with Gasteiger partial charge in [-0.3, -0.25) is 0 Å². The Morgan fingerprint density at radius 1 is 1.60 bits per heavy atom. The number of benzene rings is 1. The third kappa shape index (κ3) is 3.22. The van der Waals surface area contributed by atoms with E-state index in [1.54, 1.807) is 0 Å². The molecule has 0 saturated heterocycles. The predicted octanol–water partition coefficient (Wildman–Crippen LogP) is 2.10. The van der Waals surface area contributed by atoms with E-state index >= 15 is 0 Å². The summed E-state index contributed by atoms with van der Waals surface area (Å²) in [6.45, 7) is 2.33. The maximum Gasteiger partial charge on any atom is 0.123 e. The average Bonchev–Trinajstić information content (AvgIpc) is 2.22. The fraction of sp³-hybridized carbons (Fsp3) is 0.364. The topological polar surface area (TPSA) is 56.0 Å². The van der Waals surface area contributed by atoms with Crippen molar-refractivity contribution in [1.82, 2.24) is 5.32 Å². The van der Waals surface area contributed by atoms with Gasteiger partial charge >= 0.3 is 0 Å². The van der Waals surface area contributed by atoms with Crippen molar-refractivity contribution in [2.24, 2.45) is 0 Å². The number of phenols is 1. The summed E-state index contributed by atoms with van der Waals surface area (Å²) in [4.78, 5) is 0. The Labute approximate surface area is 88.2 Å². The average molecular weight is 208 g/mol. The Morgan fingerprint density at radius 2 is 2.33 bits per heavy atom. The van der Waals surface area contributed by atoms with Crippen LogP contribution in [0.1, 0.15) is 24.9 Å². The van der Waals surface area contributed by atoms with Crippen molar-refractivity contribution in [1.29, 1.82) is 5.26 Å². The van der Waals surface area contributed by atoms with Crippen molar-refractivity contribution in [3.8, 4) is 11.8 Å². The van der Waals surface area contributed by atoms with Crippen LogP contribution in [-0.4, -0.2) is 11.7 Å². The summed E-state index contributed by atoms with van der Waals surface area (Å²) < 4.78 is 12.9. The molecule has 0 bridgehead atoms. The number of nitriles is 1. The van der Waals surface area contributed by atoms with Crippen LogP contribution in [0.2, 0.25) is 0 Å². The van der Waals surface area contributed by atoms with Crippen LogP contribution in [0.15, 0.2) is 18.2 Å². The highest BCUT2D eigenvalue weighted by molar-refractivity contribution is 5.34. The summed E-state index contributed by atoms with van der Waals surface area (Å²) in [5.74, 6) is -0.315. The van der Waals surface area contributed by atoms with Gasteiger partial charge in [0.15, 0.2) is 0 Å². The minimum absolute atomic E-state index is 0.0633. The number of phenolic OH excluding ortho intramolecular Hbond substituents is 1. The Balaban J connectivity index is 2.69. The van der Waals surface area contributed by atoms with Gasteiger partial charge in [0.25, 0.3) is 0 Å². The van der Waals surface area contributed by atoms with Crippen LogP contribution >= 0.6 is 0 Å². The van der Waals surface area contributed by atoms with E-state index in [4.69, 9.17) is 5.26 Å². The predicted molar refractivity (Wildman–Crippen MR) is 54.7 cm³/mol. The zero-order chi connectivity index (χ0) is 11.3. The summed E-state index contributed by atoms with van der Waals surface area (Å²) in [5.41, 5.74) is 0.507. The second-order valence-corrected chi connectivity index (χ2v) is 3.29. The lowest BCUT2D eigenvalue weighted by Crippen LogP contribution is -2.19. The van der Waals surface area contributed by atoms with Gasteiger partial charge in [-0.05, 0) is 25.1 Å². The molecule has 15 heavy (non-hydrogen) atoms. The first kappa shape index (κ1) is 11.5. The van der Waals surface area contributed by atoms with Gasteiger partial charge in [-0.1, -0.05) is 0 Å². The summed E-state index contributed by atoms with van der Waals surface area (Å²) in [7, 11) is 0. The molecule has 1 atom stereocenters. The first-order valence-corrected chi connectivity index (χ1v) is 4.74. The van der Waals surface area contributed by atoms with E-state index in [0.29, 0.717) is 18.5 Å². The van der Waals surface area contributed by atoms with Crippen LogP contribution in [0.5, 0.6) is 5.75 Å². The van der Waals surface area contributed by atoms with Gasteiger partial charge in [-0.2, -0.15) is 5.26 Å². The van der Waals surface area contributed by atoms with Gasteiger partial charge in [-0.15, -0.1) is 0 Å². The first-order valence-electron chi connectivity index (χ1n) is 4.74. The van der Waals surface area contributed by atoms with Crippen LogP contribution < -0.4 is 5.32 Å². The van der Waals surface area contributed by atoms with Gasteiger partial charge in [0.05, 0.1) is 6.07 Å². The Hall–Kier alpha value is -1.60. The molecule has 1 unspecified atom stereocenters. The van der Waals surface area contributed by atoms with Gasteiger partial charge in [0.1, 0.15) is 11.6 Å². The smallest absolute Gasteiger partial charge is 0.123 e. The van der Waals surface area contributed by atoms with Crippen molar-refractivity contribution >= 4 is 0 Å². The molecular weight excluding hydrogens is 195 g/mol. The molecule has 3 nitrogen and oxygen atoms in total. The molecular formula is C11H13FN2O. The molecule has 1 aromatic carbocycles. The Kier molecular flexibility index (Phi) is 4.07. The van der Waals surface area contributed by atoms with E-state index in [0.717, 1.165) is 0 Å². The molecule has 0 aliphatic rings. The van der Waals surface area contributed by atoms with Crippen molar-refractivity contribution in [2.45, 2.75) is 19.4 Å². The SMILES string of the molecule is CC(NCCC#N)c1cc(F)ccc1O. The molecule has 0 heterocycles. The largest absolute Gasteiger partial charge is 0.508 e.